The number of piperidine rings is 1. The van der Waals surface area contributed by atoms with E-state index in [0.717, 1.165) is 18.5 Å². The molecule has 0 spiro atoms. The van der Waals surface area contributed by atoms with Gasteiger partial charge in [-0.25, -0.2) is 4.39 Å². The van der Waals surface area contributed by atoms with Crippen LogP contribution < -0.4 is 0 Å². The molecule has 6 heteroatoms. The largest absolute Gasteiger partial charge is 0.339 e. The number of hydrogen-bond donors (Lipinski definition) is 0. The molecular formula is C21H28FN3O2. The second-order valence-corrected chi connectivity index (χ2v) is 7.80. The summed E-state index contributed by atoms with van der Waals surface area (Å²) in [6, 6.07) is 6.69. The Kier molecular flexibility index (Phi) is 5.95. The molecule has 2 aliphatic rings. The van der Waals surface area contributed by atoms with E-state index in [9.17, 15) is 14.0 Å². The molecule has 3 atom stereocenters. The zero-order chi connectivity index (χ0) is 19.6. The summed E-state index contributed by atoms with van der Waals surface area (Å²) in [5, 5.41) is 0. The number of benzene rings is 1. The minimum Gasteiger partial charge on any atom is -0.339 e. The van der Waals surface area contributed by atoms with Gasteiger partial charge in [0, 0.05) is 57.1 Å². The van der Waals surface area contributed by atoms with Gasteiger partial charge in [-0.3, -0.25) is 9.59 Å². The standard InChI is InChI=1S/C21H28FN3O2/c1-15(26)25-14-18(16-6-8-17(22)9-7-16)19-13-24(12-10-20(19)25)21(27)5-4-11-23(2)3/h4-9,18-20H,10-14H2,1-3H3/b5-4+/t18-,19-,20-/m1/s1. The molecule has 27 heavy (non-hydrogen) atoms. The van der Waals surface area contributed by atoms with Crippen LogP contribution in [0.3, 0.4) is 0 Å². The average molecular weight is 373 g/mol. The van der Waals surface area contributed by atoms with Gasteiger partial charge >= 0.3 is 0 Å². The summed E-state index contributed by atoms with van der Waals surface area (Å²) in [4.78, 5) is 30.5. The highest BCUT2D eigenvalue weighted by Gasteiger charge is 2.46. The summed E-state index contributed by atoms with van der Waals surface area (Å²) in [5.74, 6) is 0.137. The van der Waals surface area contributed by atoms with Crippen molar-refractivity contribution in [2.24, 2.45) is 5.92 Å². The van der Waals surface area contributed by atoms with E-state index in [2.05, 4.69) is 0 Å². The lowest BCUT2D eigenvalue weighted by Crippen LogP contribution is -2.49. The van der Waals surface area contributed by atoms with Crippen LogP contribution in [0.2, 0.25) is 0 Å². The quantitative estimate of drug-likeness (QED) is 0.760. The number of fused-ring (bicyclic) bond motifs is 1. The zero-order valence-electron chi connectivity index (χ0n) is 16.3. The van der Waals surface area contributed by atoms with E-state index >= 15 is 0 Å². The van der Waals surface area contributed by atoms with Crippen LogP contribution in [0.15, 0.2) is 36.4 Å². The topological polar surface area (TPSA) is 43.9 Å². The minimum atomic E-state index is -0.261. The highest BCUT2D eigenvalue weighted by molar-refractivity contribution is 5.87. The van der Waals surface area contributed by atoms with Crippen LogP contribution in [0.4, 0.5) is 4.39 Å². The fourth-order valence-electron chi connectivity index (χ4n) is 4.33. The van der Waals surface area contributed by atoms with Gasteiger partial charge in [0.2, 0.25) is 11.8 Å². The third kappa shape index (κ3) is 4.38. The van der Waals surface area contributed by atoms with E-state index in [-0.39, 0.29) is 35.5 Å². The molecule has 0 radical (unpaired) electrons. The van der Waals surface area contributed by atoms with Crippen LogP contribution in [0, 0.1) is 11.7 Å². The third-order valence-electron chi connectivity index (χ3n) is 5.68. The molecule has 2 amide bonds. The Hall–Kier alpha value is -2.21. The summed E-state index contributed by atoms with van der Waals surface area (Å²) < 4.78 is 13.3. The maximum absolute atomic E-state index is 13.3. The Labute approximate surface area is 160 Å². The van der Waals surface area contributed by atoms with Gasteiger partial charge in [-0.2, -0.15) is 0 Å². The number of likely N-dealkylation sites (tertiary alicyclic amines) is 2. The van der Waals surface area contributed by atoms with Crippen molar-refractivity contribution in [1.29, 1.82) is 0 Å². The van der Waals surface area contributed by atoms with E-state index in [1.807, 2.05) is 34.9 Å². The third-order valence-corrected chi connectivity index (χ3v) is 5.68. The smallest absolute Gasteiger partial charge is 0.246 e. The van der Waals surface area contributed by atoms with E-state index in [1.54, 1.807) is 25.1 Å². The molecule has 146 valence electrons. The molecule has 2 heterocycles. The van der Waals surface area contributed by atoms with Crippen LogP contribution in [0.25, 0.3) is 0 Å². The summed E-state index contributed by atoms with van der Waals surface area (Å²) in [7, 11) is 3.92. The first-order valence-electron chi connectivity index (χ1n) is 9.49. The summed E-state index contributed by atoms with van der Waals surface area (Å²) in [6.45, 7) is 4.25. The second kappa shape index (κ2) is 8.21. The average Bonchev–Trinajstić information content (AvgIpc) is 3.01. The summed E-state index contributed by atoms with van der Waals surface area (Å²) in [6.07, 6.45) is 4.31. The lowest BCUT2D eigenvalue weighted by molar-refractivity contribution is -0.132. The van der Waals surface area contributed by atoms with Crippen LogP contribution >= 0.6 is 0 Å². The molecule has 0 aliphatic carbocycles. The molecule has 2 fully saturated rings. The van der Waals surface area contributed by atoms with Crippen molar-refractivity contribution >= 4 is 11.8 Å². The van der Waals surface area contributed by atoms with Gasteiger partial charge in [0.1, 0.15) is 5.82 Å². The fourth-order valence-corrected chi connectivity index (χ4v) is 4.33. The Morgan fingerprint density at radius 2 is 1.93 bits per heavy atom. The van der Waals surface area contributed by atoms with Crippen molar-refractivity contribution in [3.8, 4) is 0 Å². The maximum Gasteiger partial charge on any atom is 0.246 e. The molecule has 0 unspecified atom stereocenters. The summed E-state index contributed by atoms with van der Waals surface area (Å²) >= 11 is 0. The molecule has 3 rings (SSSR count). The molecule has 1 aromatic rings. The first kappa shape index (κ1) is 19.5. The molecule has 2 aliphatic heterocycles. The lowest BCUT2D eigenvalue weighted by atomic mass is 9.81. The lowest BCUT2D eigenvalue weighted by Gasteiger charge is -2.38. The van der Waals surface area contributed by atoms with E-state index in [1.165, 1.54) is 12.1 Å². The first-order valence-corrected chi connectivity index (χ1v) is 9.49. The van der Waals surface area contributed by atoms with Crippen molar-refractivity contribution in [2.75, 3.05) is 40.3 Å². The van der Waals surface area contributed by atoms with Crippen molar-refractivity contribution in [2.45, 2.75) is 25.3 Å². The number of rotatable bonds is 4. The molecule has 5 nitrogen and oxygen atoms in total. The number of carbonyl (C=O) groups excluding carboxylic acids is 2. The van der Waals surface area contributed by atoms with Crippen molar-refractivity contribution in [1.82, 2.24) is 14.7 Å². The SMILES string of the molecule is CC(=O)N1C[C@H](c2ccc(F)cc2)[C@H]2CN(C(=O)/C=C/CN(C)C)CC[C@H]21. The van der Waals surface area contributed by atoms with E-state index < -0.39 is 0 Å². The highest BCUT2D eigenvalue weighted by atomic mass is 19.1. The van der Waals surface area contributed by atoms with Crippen molar-refractivity contribution in [3.63, 3.8) is 0 Å². The normalized spacial score (nSPS) is 25.3. The monoisotopic (exact) mass is 373 g/mol. The van der Waals surface area contributed by atoms with Gasteiger partial charge in [-0.15, -0.1) is 0 Å². The van der Waals surface area contributed by atoms with Gasteiger partial charge in [0.05, 0.1) is 0 Å². The van der Waals surface area contributed by atoms with E-state index in [4.69, 9.17) is 0 Å². The Bertz CT molecular complexity index is 717. The number of hydrogen-bond acceptors (Lipinski definition) is 3. The van der Waals surface area contributed by atoms with Gasteiger partial charge in [-0.1, -0.05) is 18.2 Å². The van der Waals surface area contributed by atoms with Gasteiger partial charge < -0.3 is 14.7 Å². The number of nitrogens with zero attached hydrogens (tertiary/aromatic N) is 3. The Morgan fingerprint density at radius 3 is 2.56 bits per heavy atom. The first-order chi connectivity index (χ1) is 12.9. The number of likely N-dealkylation sites (N-methyl/N-ethyl adjacent to an activating group) is 1. The summed E-state index contributed by atoms with van der Waals surface area (Å²) in [5.41, 5.74) is 1.03. The maximum atomic E-state index is 13.3. The van der Waals surface area contributed by atoms with Gasteiger partial charge in [0.15, 0.2) is 0 Å². The van der Waals surface area contributed by atoms with Gasteiger partial charge in [0.25, 0.3) is 0 Å². The molecule has 1 aromatic carbocycles. The number of carbonyl (C=O) groups is 2. The molecular weight excluding hydrogens is 345 g/mol. The van der Waals surface area contributed by atoms with Crippen molar-refractivity contribution in [3.05, 3.63) is 47.8 Å². The second-order valence-electron chi connectivity index (χ2n) is 7.80. The fraction of sp³-hybridized carbons (Fsp3) is 0.524. The Balaban J connectivity index is 1.77. The minimum absolute atomic E-state index is 0.0226. The van der Waals surface area contributed by atoms with Crippen LogP contribution in [-0.2, 0) is 9.59 Å². The molecule has 0 aromatic heterocycles. The van der Waals surface area contributed by atoms with Crippen LogP contribution in [0.1, 0.15) is 24.8 Å². The van der Waals surface area contributed by atoms with Crippen LogP contribution in [-0.4, -0.2) is 72.8 Å². The number of halogens is 1. The molecule has 2 saturated heterocycles. The highest BCUT2D eigenvalue weighted by Crippen LogP contribution is 2.41. The molecule has 0 N–H and O–H groups in total. The van der Waals surface area contributed by atoms with Gasteiger partial charge in [-0.05, 0) is 38.2 Å². The predicted molar refractivity (Wildman–Crippen MR) is 103 cm³/mol. The molecule has 0 bridgehead atoms. The predicted octanol–water partition coefficient (Wildman–Crippen LogP) is 2.11. The number of amides is 2. The van der Waals surface area contributed by atoms with Crippen molar-refractivity contribution < 1.29 is 14.0 Å². The van der Waals surface area contributed by atoms with E-state index in [0.29, 0.717) is 19.6 Å². The zero-order valence-corrected chi connectivity index (χ0v) is 16.3. The molecule has 0 saturated carbocycles. The van der Waals surface area contributed by atoms with Crippen LogP contribution in [0.5, 0.6) is 0 Å². The Morgan fingerprint density at radius 1 is 1.22 bits per heavy atom.